The molecule has 238 valence electrons. The minimum Gasteiger partial charge on any atom is -0.481 e. The van der Waals surface area contributed by atoms with Gasteiger partial charge in [0.1, 0.15) is 5.60 Å². The average molecular weight is 602 g/mol. The van der Waals surface area contributed by atoms with E-state index in [1.165, 1.54) is 0 Å². The van der Waals surface area contributed by atoms with Gasteiger partial charge in [-0.25, -0.2) is 0 Å². The highest BCUT2D eigenvalue weighted by Gasteiger charge is 2.68. The van der Waals surface area contributed by atoms with Gasteiger partial charge in [-0.05, 0) is 99.4 Å². The van der Waals surface area contributed by atoms with Crippen molar-refractivity contribution in [1.29, 1.82) is 0 Å². The Hall–Kier alpha value is -2.59. The number of carboxylic acid groups (broad SMARTS) is 1. The molecule has 0 spiro atoms. The van der Waals surface area contributed by atoms with Gasteiger partial charge in [0.15, 0.2) is 12.4 Å². The fraction of sp³-hybridized carbons (Fsp3) is 0.788. The van der Waals surface area contributed by atoms with E-state index in [-0.39, 0.29) is 72.4 Å². The molecule has 0 unspecified atom stereocenters. The molecule has 4 saturated carbocycles. The Balaban J connectivity index is 1.11. The van der Waals surface area contributed by atoms with Crippen molar-refractivity contribution in [3.05, 3.63) is 11.6 Å². The van der Waals surface area contributed by atoms with Crippen molar-refractivity contribution in [3.8, 4) is 0 Å². The van der Waals surface area contributed by atoms with Crippen molar-refractivity contribution >= 4 is 29.4 Å². The number of nitrogens with one attached hydrogen (secondary N) is 1. The number of amides is 1. The van der Waals surface area contributed by atoms with Crippen molar-refractivity contribution in [2.24, 2.45) is 40.4 Å². The average Bonchev–Trinajstić information content (AvgIpc) is 3.24. The maximum Gasteiger partial charge on any atom is 0.306 e. The van der Waals surface area contributed by atoms with Gasteiger partial charge < -0.3 is 25.4 Å². The van der Waals surface area contributed by atoms with Gasteiger partial charge >= 0.3 is 11.9 Å². The summed E-state index contributed by atoms with van der Waals surface area (Å²) < 4.78 is 5.23. The van der Waals surface area contributed by atoms with Crippen LogP contribution in [-0.2, 0) is 28.7 Å². The summed E-state index contributed by atoms with van der Waals surface area (Å²) in [5.74, 6) is -2.15. The number of ketones is 2. The number of carbonyl (C=O) groups excluding carboxylic acids is 4. The van der Waals surface area contributed by atoms with Gasteiger partial charge in [-0.3, -0.25) is 24.0 Å². The molecule has 0 aromatic carbocycles. The molecule has 4 N–H and O–H groups in total. The topological polar surface area (TPSA) is 167 Å². The summed E-state index contributed by atoms with van der Waals surface area (Å²) in [5, 5.41) is 35.3. The second-order valence-corrected chi connectivity index (χ2v) is 14.4. The number of aliphatic hydroxyl groups is 2. The Labute approximate surface area is 253 Å². The Morgan fingerprint density at radius 3 is 2.42 bits per heavy atom. The molecule has 4 fully saturated rings. The number of allylic oxidation sites excluding steroid dienone is 1. The van der Waals surface area contributed by atoms with Gasteiger partial charge in [-0.15, -0.1) is 0 Å². The van der Waals surface area contributed by atoms with Crippen LogP contribution in [0.3, 0.4) is 0 Å². The summed E-state index contributed by atoms with van der Waals surface area (Å²) in [6.07, 6.45) is 7.39. The van der Waals surface area contributed by atoms with Crippen LogP contribution in [0.15, 0.2) is 11.6 Å². The molecule has 0 aromatic rings. The lowest BCUT2D eigenvalue weighted by atomic mass is 9.45. The maximum absolute atomic E-state index is 13.4. The summed E-state index contributed by atoms with van der Waals surface area (Å²) in [6, 6.07) is 0. The van der Waals surface area contributed by atoms with Gasteiger partial charge in [0.05, 0.1) is 18.4 Å². The molecule has 0 bridgehead atoms. The van der Waals surface area contributed by atoms with Crippen LogP contribution >= 0.6 is 0 Å². The molecular formula is C33H47NO9. The first-order valence-electron chi connectivity index (χ1n) is 16.1. The molecule has 5 aliphatic rings. The predicted molar refractivity (Wildman–Crippen MR) is 154 cm³/mol. The normalized spacial score (nSPS) is 40.4. The standard InChI is InChI=1S/C33H47NO9/c1-31-13-11-22(35)15-21(31)7-8-23-24-12-14-33(42,32(24,2)16-25(36)29(23)31)26(37)18-43-28(39)10-9-27(38)34-17-19-3-5-20(6-4-19)30(40)41/h15,19-20,23-25,29,36,42H,3-14,16-18H2,1-2H3,(H,34,38)(H,40,41)/t19?,20?,23-,24-,25+,29+,31+,32+,33+/m1/s1. The molecule has 43 heavy (non-hydrogen) atoms. The van der Waals surface area contributed by atoms with Crippen LogP contribution in [0.5, 0.6) is 0 Å². The summed E-state index contributed by atoms with van der Waals surface area (Å²) in [4.78, 5) is 61.3. The van der Waals surface area contributed by atoms with Crippen LogP contribution in [0.1, 0.15) is 97.3 Å². The smallest absolute Gasteiger partial charge is 0.306 e. The molecule has 1 amide bonds. The van der Waals surface area contributed by atoms with Crippen molar-refractivity contribution in [1.82, 2.24) is 5.32 Å². The zero-order valence-corrected chi connectivity index (χ0v) is 25.4. The molecule has 0 radical (unpaired) electrons. The molecule has 0 aromatic heterocycles. The van der Waals surface area contributed by atoms with Crippen molar-refractivity contribution in [3.63, 3.8) is 0 Å². The predicted octanol–water partition coefficient (Wildman–Crippen LogP) is 3.12. The molecule has 7 atom stereocenters. The molecule has 10 heteroatoms. The Morgan fingerprint density at radius 1 is 1.00 bits per heavy atom. The zero-order valence-electron chi connectivity index (χ0n) is 25.4. The number of aliphatic hydroxyl groups excluding tert-OH is 1. The molecular weight excluding hydrogens is 554 g/mol. The lowest BCUT2D eigenvalue weighted by molar-refractivity contribution is -0.184. The fourth-order valence-electron chi connectivity index (χ4n) is 9.66. The third kappa shape index (κ3) is 5.81. The molecule has 5 rings (SSSR count). The molecule has 10 nitrogen and oxygen atoms in total. The van der Waals surface area contributed by atoms with Gasteiger partial charge in [-0.1, -0.05) is 19.4 Å². The first kappa shape index (κ1) is 31.8. The van der Waals surface area contributed by atoms with Crippen LogP contribution in [0.25, 0.3) is 0 Å². The number of Topliss-reactive ketones (excluding diaryl/α,β-unsaturated/α-hetero) is 1. The number of hydrogen-bond acceptors (Lipinski definition) is 8. The Bertz CT molecular complexity index is 1190. The fourth-order valence-corrected chi connectivity index (χ4v) is 9.66. The number of rotatable bonds is 9. The molecule has 0 saturated heterocycles. The van der Waals surface area contributed by atoms with E-state index >= 15 is 0 Å². The lowest BCUT2D eigenvalue weighted by Gasteiger charge is -2.60. The quantitative estimate of drug-likeness (QED) is 0.290. The summed E-state index contributed by atoms with van der Waals surface area (Å²) in [7, 11) is 0. The summed E-state index contributed by atoms with van der Waals surface area (Å²) in [5.41, 5.74) is -1.71. The van der Waals surface area contributed by atoms with Crippen LogP contribution in [0.2, 0.25) is 0 Å². The van der Waals surface area contributed by atoms with E-state index < -0.39 is 41.4 Å². The highest BCUT2D eigenvalue weighted by molar-refractivity contribution is 5.92. The lowest BCUT2D eigenvalue weighted by Crippen LogP contribution is -2.62. The summed E-state index contributed by atoms with van der Waals surface area (Å²) in [6.45, 7) is 3.91. The second kappa shape index (κ2) is 12.1. The van der Waals surface area contributed by atoms with Crippen molar-refractivity contribution in [2.75, 3.05) is 13.2 Å². The van der Waals surface area contributed by atoms with E-state index in [2.05, 4.69) is 12.2 Å². The van der Waals surface area contributed by atoms with E-state index in [0.717, 1.165) is 31.3 Å². The molecule has 0 heterocycles. The number of hydrogen-bond donors (Lipinski definition) is 4. The third-order valence-corrected chi connectivity index (χ3v) is 12.2. The highest BCUT2D eigenvalue weighted by atomic mass is 16.5. The summed E-state index contributed by atoms with van der Waals surface area (Å²) >= 11 is 0. The van der Waals surface area contributed by atoms with Crippen LogP contribution in [0.4, 0.5) is 0 Å². The van der Waals surface area contributed by atoms with E-state index in [1.54, 1.807) is 6.08 Å². The Kier molecular flexibility index (Phi) is 8.93. The third-order valence-electron chi connectivity index (χ3n) is 12.2. The van der Waals surface area contributed by atoms with Gasteiger partial charge in [0.2, 0.25) is 11.7 Å². The minimum absolute atomic E-state index is 0.0279. The monoisotopic (exact) mass is 601 g/mol. The highest BCUT2D eigenvalue weighted by Crippen LogP contribution is 2.67. The molecule has 5 aliphatic carbocycles. The van der Waals surface area contributed by atoms with Crippen LogP contribution < -0.4 is 5.32 Å². The van der Waals surface area contributed by atoms with E-state index in [0.29, 0.717) is 38.6 Å². The number of fused-ring (bicyclic) bond motifs is 5. The zero-order chi connectivity index (χ0) is 31.2. The first-order chi connectivity index (χ1) is 20.3. The largest absolute Gasteiger partial charge is 0.481 e. The van der Waals surface area contributed by atoms with E-state index in [4.69, 9.17) is 9.84 Å². The number of carbonyl (C=O) groups is 5. The van der Waals surface area contributed by atoms with Gasteiger partial charge in [-0.2, -0.15) is 0 Å². The molecule has 0 aliphatic heterocycles. The van der Waals surface area contributed by atoms with Crippen molar-refractivity contribution in [2.45, 2.75) is 109 Å². The van der Waals surface area contributed by atoms with Gasteiger partial charge in [0, 0.05) is 24.8 Å². The van der Waals surface area contributed by atoms with Gasteiger partial charge in [0.25, 0.3) is 0 Å². The number of esters is 1. The number of ether oxygens (including phenoxy) is 1. The Morgan fingerprint density at radius 2 is 1.72 bits per heavy atom. The number of carboxylic acids is 1. The van der Waals surface area contributed by atoms with E-state index in [9.17, 15) is 34.2 Å². The minimum atomic E-state index is -1.72. The van der Waals surface area contributed by atoms with E-state index in [1.807, 2.05) is 6.92 Å². The van der Waals surface area contributed by atoms with Crippen LogP contribution in [0, 0.1) is 40.4 Å². The SMILES string of the molecule is C[C@]12CCC(=O)C=C1CC[C@H]1[C@H]2[C@@H](O)C[C@@]2(C)[C@@H]1CC[C@]2(O)C(=O)COC(=O)CCC(=O)NCC1CCC(C(=O)O)CC1. The van der Waals surface area contributed by atoms with Crippen LogP contribution in [-0.4, -0.2) is 69.6 Å². The second-order valence-electron chi connectivity index (χ2n) is 14.4. The maximum atomic E-state index is 13.4. The number of aliphatic carboxylic acids is 1. The van der Waals surface area contributed by atoms with Crippen molar-refractivity contribution < 1.29 is 44.0 Å². The first-order valence-corrected chi connectivity index (χ1v) is 16.1.